The minimum absolute atomic E-state index is 0.206. The van der Waals surface area contributed by atoms with Gasteiger partial charge in [-0.15, -0.1) is 0 Å². The average molecular weight is 281 g/mol. The van der Waals surface area contributed by atoms with Crippen LogP contribution in [-0.4, -0.2) is 21.8 Å². The SMILES string of the molecule is NCCc1ccc(-c2nc(-c3ccc(O)cc3)no2)cc1. The van der Waals surface area contributed by atoms with Crippen LogP contribution < -0.4 is 5.73 Å². The molecule has 3 rings (SSSR count). The number of phenolic OH excluding ortho intramolecular Hbond substituents is 1. The fourth-order valence-corrected chi connectivity index (χ4v) is 2.05. The van der Waals surface area contributed by atoms with Crippen LogP contribution in [0.2, 0.25) is 0 Å². The number of benzene rings is 2. The molecule has 3 N–H and O–H groups in total. The topological polar surface area (TPSA) is 85.2 Å². The summed E-state index contributed by atoms with van der Waals surface area (Å²) in [6, 6.07) is 14.6. The quantitative estimate of drug-likeness (QED) is 0.767. The molecule has 0 radical (unpaired) electrons. The van der Waals surface area contributed by atoms with Crippen LogP contribution in [0.25, 0.3) is 22.8 Å². The van der Waals surface area contributed by atoms with E-state index in [1.54, 1.807) is 24.3 Å². The molecule has 2 aromatic carbocycles. The van der Waals surface area contributed by atoms with E-state index in [9.17, 15) is 5.11 Å². The van der Waals surface area contributed by atoms with Gasteiger partial charge in [-0.2, -0.15) is 4.98 Å². The molecule has 0 aliphatic carbocycles. The van der Waals surface area contributed by atoms with Gasteiger partial charge in [0.1, 0.15) is 5.75 Å². The largest absolute Gasteiger partial charge is 0.508 e. The van der Waals surface area contributed by atoms with Crippen molar-refractivity contribution in [2.24, 2.45) is 5.73 Å². The molecule has 0 atom stereocenters. The number of aromatic hydroxyl groups is 1. The number of nitrogens with two attached hydrogens (primary N) is 1. The van der Waals surface area contributed by atoms with E-state index < -0.39 is 0 Å². The van der Waals surface area contributed by atoms with E-state index in [0.29, 0.717) is 18.3 Å². The molecule has 0 spiro atoms. The summed E-state index contributed by atoms with van der Waals surface area (Å²) in [6.45, 7) is 0.630. The molecule has 0 saturated carbocycles. The summed E-state index contributed by atoms with van der Waals surface area (Å²) in [6.07, 6.45) is 0.850. The Kier molecular flexibility index (Phi) is 3.66. The highest BCUT2D eigenvalue weighted by atomic mass is 16.5. The summed E-state index contributed by atoms with van der Waals surface area (Å²) in [5, 5.41) is 13.2. The number of hydrogen-bond donors (Lipinski definition) is 2. The van der Waals surface area contributed by atoms with E-state index in [-0.39, 0.29) is 5.75 Å². The first-order valence-corrected chi connectivity index (χ1v) is 6.69. The van der Waals surface area contributed by atoms with E-state index in [1.807, 2.05) is 24.3 Å². The summed E-state index contributed by atoms with van der Waals surface area (Å²) < 4.78 is 5.29. The number of phenols is 1. The molecule has 5 heteroatoms. The first kappa shape index (κ1) is 13.3. The number of rotatable bonds is 4. The molecule has 0 saturated heterocycles. The maximum absolute atomic E-state index is 9.28. The molecule has 1 aromatic heterocycles. The lowest BCUT2D eigenvalue weighted by Crippen LogP contribution is -2.02. The van der Waals surface area contributed by atoms with Crippen molar-refractivity contribution in [2.75, 3.05) is 6.54 Å². The third kappa shape index (κ3) is 2.93. The maximum atomic E-state index is 9.28. The predicted octanol–water partition coefficient (Wildman–Crippen LogP) is 2.61. The standard InChI is InChI=1S/C16H15N3O2/c17-10-9-11-1-3-13(4-2-11)16-18-15(19-21-16)12-5-7-14(20)8-6-12/h1-8,20H,9-10,17H2. The normalized spacial score (nSPS) is 10.7. The molecule has 0 unspecified atom stereocenters. The Hall–Kier alpha value is -2.66. The van der Waals surface area contributed by atoms with Crippen molar-refractivity contribution in [3.8, 4) is 28.6 Å². The van der Waals surface area contributed by atoms with Crippen LogP contribution in [0.1, 0.15) is 5.56 Å². The Balaban J connectivity index is 1.85. The summed E-state index contributed by atoms with van der Waals surface area (Å²) in [7, 11) is 0. The third-order valence-electron chi connectivity index (χ3n) is 3.19. The van der Waals surface area contributed by atoms with Gasteiger partial charge in [-0.3, -0.25) is 0 Å². The van der Waals surface area contributed by atoms with Gasteiger partial charge in [0.15, 0.2) is 0 Å². The molecule has 0 bridgehead atoms. The lowest BCUT2D eigenvalue weighted by atomic mass is 10.1. The van der Waals surface area contributed by atoms with E-state index in [0.717, 1.165) is 17.5 Å². The molecule has 1 heterocycles. The smallest absolute Gasteiger partial charge is 0.258 e. The van der Waals surface area contributed by atoms with Crippen LogP contribution in [-0.2, 0) is 6.42 Å². The minimum Gasteiger partial charge on any atom is -0.508 e. The summed E-state index contributed by atoms with van der Waals surface area (Å²) in [5.74, 6) is 1.17. The zero-order valence-corrected chi connectivity index (χ0v) is 11.4. The van der Waals surface area contributed by atoms with Crippen molar-refractivity contribution in [2.45, 2.75) is 6.42 Å². The van der Waals surface area contributed by atoms with E-state index in [4.69, 9.17) is 10.3 Å². The molecule has 5 nitrogen and oxygen atoms in total. The average Bonchev–Trinajstić information content (AvgIpc) is 2.99. The van der Waals surface area contributed by atoms with Gasteiger partial charge in [0.25, 0.3) is 5.89 Å². The Morgan fingerprint density at radius 3 is 2.29 bits per heavy atom. The molecular weight excluding hydrogens is 266 g/mol. The van der Waals surface area contributed by atoms with Gasteiger partial charge in [-0.05, 0) is 54.9 Å². The van der Waals surface area contributed by atoms with Gasteiger partial charge in [0.05, 0.1) is 0 Å². The molecule has 0 amide bonds. The summed E-state index contributed by atoms with van der Waals surface area (Å²) in [5.41, 5.74) is 8.37. The summed E-state index contributed by atoms with van der Waals surface area (Å²) >= 11 is 0. The van der Waals surface area contributed by atoms with Crippen LogP contribution in [0.15, 0.2) is 53.1 Å². The van der Waals surface area contributed by atoms with Gasteiger partial charge in [-0.25, -0.2) is 0 Å². The van der Waals surface area contributed by atoms with Gasteiger partial charge in [-0.1, -0.05) is 17.3 Å². The number of aromatic nitrogens is 2. The lowest BCUT2D eigenvalue weighted by molar-refractivity contribution is 0.432. The Morgan fingerprint density at radius 2 is 1.62 bits per heavy atom. The highest BCUT2D eigenvalue weighted by Crippen LogP contribution is 2.23. The second kappa shape index (κ2) is 5.76. The molecule has 21 heavy (non-hydrogen) atoms. The minimum atomic E-state index is 0.206. The Labute approximate surface area is 122 Å². The lowest BCUT2D eigenvalue weighted by Gasteiger charge is -1.99. The van der Waals surface area contributed by atoms with Gasteiger partial charge in [0.2, 0.25) is 5.82 Å². The number of hydrogen-bond acceptors (Lipinski definition) is 5. The molecule has 0 aliphatic heterocycles. The van der Waals surface area contributed by atoms with E-state index >= 15 is 0 Å². The zero-order chi connectivity index (χ0) is 14.7. The van der Waals surface area contributed by atoms with Crippen LogP contribution >= 0.6 is 0 Å². The van der Waals surface area contributed by atoms with E-state index in [1.165, 1.54) is 5.56 Å². The fraction of sp³-hybridized carbons (Fsp3) is 0.125. The van der Waals surface area contributed by atoms with Crippen molar-refractivity contribution in [3.63, 3.8) is 0 Å². The van der Waals surface area contributed by atoms with Gasteiger partial charge in [0, 0.05) is 11.1 Å². The van der Waals surface area contributed by atoms with Crippen LogP contribution in [0.3, 0.4) is 0 Å². The van der Waals surface area contributed by atoms with Crippen molar-refractivity contribution in [3.05, 3.63) is 54.1 Å². The second-order valence-electron chi connectivity index (χ2n) is 4.71. The van der Waals surface area contributed by atoms with E-state index in [2.05, 4.69) is 10.1 Å². The first-order chi connectivity index (χ1) is 10.3. The molecule has 0 aliphatic rings. The monoisotopic (exact) mass is 281 g/mol. The highest BCUT2D eigenvalue weighted by molar-refractivity contribution is 5.60. The van der Waals surface area contributed by atoms with Crippen LogP contribution in [0.5, 0.6) is 5.75 Å². The first-order valence-electron chi connectivity index (χ1n) is 6.69. The maximum Gasteiger partial charge on any atom is 0.258 e. The zero-order valence-electron chi connectivity index (χ0n) is 11.4. The van der Waals surface area contributed by atoms with Gasteiger partial charge >= 0.3 is 0 Å². The fourth-order valence-electron chi connectivity index (χ4n) is 2.05. The number of nitrogens with zero attached hydrogens (tertiary/aromatic N) is 2. The molecule has 106 valence electrons. The Morgan fingerprint density at radius 1 is 0.952 bits per heavy atom. The van der Waals surface area contributed by atoms with Crippen molar-refractivity contribution in [1.29, 1.82) is 0 Å². The molecular formula is C16H15N3O2. The van der Waals surface area contributed by atoms with Crippen LogP contribution in [0.4, 0.5) is 0 Å². The van der Waals surface area contributed by atoms with Crippen molar-refractivity contribution < 1.29 is 9.63 Å². The summed E-state index contributed by atoms with van der Waals surface area (Å²) in [4.78, 5) is 4.37. The van der Waals surface area contributed by atoms with Crippen molar-refractivity contribution in [1.82, 2.24) is 10.1 Å². The second-order valence-corrected chi connectivity index (χ2v) is 4.71. The molecule has 3 aromatic rings. The van der Waals surface area contributed by atoms with Gasteiger partial charge < -0.3 is 15.4 Å². The Bertz CT molecular complexity index is 718. The predicted molar refractivity (Wildman–Crippen MR) is 79.6 cm³/mol. The highest BCUT2D eigenvalue weighted by Gasteiger charge is 2.10. The third-order valence-corrected chi connectivity index (χ3v) is 3.19. The molecule has 0 fully saturated rings. The van der Waals surface area contributed by atoms with Crippen LogP contribution in [0, 0.1) is 0 Å². The van der Waals surface area contributed by atoms with Crippen molar-refractivity contribution >= 4 is 0 Å².